The predicted molar refractivity (Wildman–Crippen MR) is 76.4 cm³/mol. The van der Waals surface area contributed by atoms with E-state index in [0.29, 0.717) is 5.56 Å². The number of benzene rings is 1. The molecule has 0 saturated heterocycles. The highest BCUT2D eigenvalue weighted by Gasteiger charge is 2.49. The van der Waals surface area contributed by atoms with Crippen LogP contribution in [-0.4, -0.2) is 32.2 Å². The Bertz CT molecular complexity index is 471. The lowest BCUT2D eigenvalue weighted by Crippen LogP contribution is -2.61. The third-order valence-electron chi connectivity index (χ3n) is 4.21. The monoisotopic (exact) mass is 262 g/mol. The second-order valence-electron chi connectivity index (χ2n) is 5.60. The van der Waals surface area contributed by atoms with Crippen LogP contribution in [0.3, 0.4) is 0 Å². The first kappa shape index (κ1) is 13.9. The van der Waals surface area contributed by atoms with Crippen molar-refractivity contribution < 1.29 is 9.53 Å². The van der Waals surface area contributed by atoms with Gasteiger partial charge in [0.1, 0.15) is 0 Å². The summed E-state index contributed by atoms with van der Waals surface area (Å²) in [6.07, 6.45) is 1.09. The van der Waals surface area contributed by atoms with E-state index in [4.69, 9.17) is 4.74 Å². The topological polar surface area (TPSA) is 50.4 Å². The van der Waals surface area contributed by atoms with Crippen molar-refractivity contribution in [2.45, 2.75) is 32.4 Å². The van der Waals surface area contributed by atoms with E-state index in [1.54, 1.807) is 7.11 Å². The quantitative estimate of drug-likeness (QED) is 0.875. The minimum atomic E-state index is -0.0300. The maximum absolute atomic E-state index is 12.3. The third-order valence-corrected chi connectivity index (χ3v) is 4.21. The van der Waals surface area contributed by atoms with Crippen molar-refractivity contribution in [3.8, 4) is 0 Å². The third kappa shape index (κ3) is 2.45. The highest BCUT2D eigenvalue weighted by atomic mass is 16.5. The SMILES string of the molecule is CNc1ccccc1C(=O)NC1CC(OC)C1(C)C. The summed E-state index contributed by atoms with van der Waals surface area (Å²) >= 11 is 0. The van der Waals surface area contributed by atoms with Crippen LogP contribution in [0.4, 0.5) is 5.69 Å². The summed E-state index contributed by atoms with van der Waals surface area (Å²) in [7, 11) is 3.54. The molecule has 0 spiro atoms. The normalized spacial score (nSPS) is 24.4. The van der Waals surface area contributed by atoms with Gasteiger partial charge in [-0.15, -0.1) is 0 Å². The molecule has 1 fully saturated rings. The Kier molecular flexibility index (Phi) is 3.80. The predicted octanol–water partition coefficient (Wildman–Crippen LogP) is 2.27. The number of rotatable bonds is 4. The molecule has 4 nitrogen and oxygen atoms in total. The molecule has 0 aliphatic heterocycles. The average molecular weight is 262 g/mol. The first-order valence-corrected chi connectivity index (χ1v) is 6.61. The smallest absolute Gasteiger partial charge is 0.253 e. The van der Waals surface area contributed by atoms with Crippen LogP contribution in [0.1, 0.15) is 30.6 Å². The maximum atomic E-state index is 12.3. The van der Waals surface area contributed by atoms with E-state index in [-0.39, 0.29) is 23.5 Å². The second-order valence-corrected chi connectivity index (χ2v) is 5.60. The number of ether oxygens (including phenoxy) is 1. The van der Waals surface area contributed by atoms with Gasteiger partial charge in [-0.3, -0.25) is 4.79 Å². The molecule has 2 N–H and O–H groups in total. The molecule has 0 radical (unpaired) electrons. The Labute approximate surface area is 114 Å². The Hall–Kier alpha value is -1.55. The Morgan fingerprint density at radius 3 is 2.63 bits per heavy atom. The molecule has 0 heterocycles. The number of amides is 1. The second kappa shape index (κ2) is 5.21. The molecule has 104 valence electrons. The van der Waals surface area contributed by atoms with E-state index in [9.17, 15) is 4.79 Å². The Morgan fingerprint density at radius 1 is 1.37 bits per heavy atom. The maximum Gasteiger partial charge on any atom is 0.253 e. The molecule has 19 heavy (non-hydrogen) atoms. The van der Waals surface area contributed by atoms with Gasteiger partial charge in [0.25, 0.3) is 5.91 Å². The Balaban J connectivity index is 2.07. The molecule has 1 aromatic rings. The highest BCUT2D eigenvalue weighted by Crippen LogP contribution is 2.42. The minimum absolute atomic E-state index is 0.0149. The van der Waals surface area contributed by atoms with Crippen LogP contribution in [0.15, 0.2) is 24.3 Å². The average Bonchev–Trinajstić information content (AvgIpc) is 2.42. The van der Waals surface area contributed by atoms with Crippen LogP contribution in [0.5, 0.6) is 0 Å². The van der Waals surface area contributed by atoms with Crippen molar-refractivity contribution in [2.24, 2.45) is 5.41 Å². The summed E-state index contributed by atoms with van der Waals surface area (Å²) in [6.45, 7) is 4.25. The zero-order chi connectivity index (χ0) is 14.0. The lowest BCUT2D eigenvalue weighted by molar-refractivity contribution is -0.0942. The summed E-state index contributed by atoms with van der Waals surface area (Å²) in [6, 6.07) is 7.69. The van der Waals surface area contributed by atoms with Gasteiger partial charge in [-0.2, -0.15) is 0 Å². The summed E-state index contributed by atoms with van der Waals surface area (Å²) in [5.41, 5.74) is 1.51. The number of anilines is 1. The number of carbonyl (C=O) groups excluding carboxylic acids is 1. The summed E-state index contributed by atoms with van der Waals surface area (Å²) < 4.78 is 5.40. The molecular weight excluding hydrogens is 240 g/mol. The van der Waals surface area contributed by atoms with E-state index in [1.165, 1.54) is 0 Å². The van der Waals surface area contributed by atoms with Crippen LogP contribution in [0, 0.1) is 5.41 Å². The van der Waals surface area contributed by atoms with Crippen LogP contribution in [0.25, 0.3) is 0 Å². The first-order valence-electron chi connectivity index (χ1n) is 6.61. The van der Waals surface area contributed by atoms with E-state index in [0.717, 1.165) is 12.1 Å². The number of nitrogens with one attached hydrogen (secondary N) is 2. The molecule has 0 aromatic heterocycles. The van der Waals surface area contributed by atoms with Gasteiger partial charge in [0.15, 0.2) is 0 Å². The van der Waals surface area contributed by atoms with Crippen molar-refractivity contribution >= 4 is 11.6 Å². The summed E-state index contributed by atoms with van der Waals surface area (Å²) in [5, 5.41) is 6.14. The standard InChI is InChI=1S/C15H22N2O2/c1-15(2)12(9-13(15)19-4)17-14(18)10-7-5-6-8-11(10)16-3/h5-8,12-13,16H,9H2,1-4H3,(H,17,18). The summed E-state index contributed by atoms with van der Waals surface area (Å²) in [4.78, 5) is 12.3. The fourth-order valence-electron chi connectivity index (χ4n) is 2.67. The van der Waals surface area contributed by atoms with Gasteiger partial charge < -0.3 is 15.4 Å². The minimum Gasteiger partial charge on any atom is -0.387 e. The number of hydrogen-bond donors (Lipinski definition) is 2. The number of carbonyl (C=O) groups is 1. The zero-order valence-electron chi connectivity index (χ0n) is 12.0. The molecule has 1 aromatic carbocycles. The van der Waals surface area contributed by atoms with E-state index in [1.807, 2.05) is 31.3 Å². The van der Waals surface area contributed by atoms with Crippen LogP contribution in [0.2, 0.25) is 0 Å². The summed E-state index contributed by atoms with van der Waals surface area (Å²) in [5.74, 6) is -0.0300. The number of hydrogen-bond acceptors (Lipinski definition) is 3. The molecule has 0 bridgehead atoms. The highest BCUT2D eigenvalue weighted by molar-refractivity contribution is 5.99. The lowest BCUT2D eigenvalue weighted by Gasteiger charge is -2.51. The Morgan fingerprint density at radius 2 is 2.05 bits per heavy atom. The van der Waals surface area contributed by atoms with Gasteiger partial charge in [-0.1, -0.05) is 26.0 Å². The molecule has 1 amide bonds. The van der Waals surface area contributed by atoms with E-state index < -0.39 is 0 Å². The molecule has 2 atom stereocenters. The van der Waals surface area contributed by atoms with Crippen LogP contribution in [-0.2, 0) is 4.74 Å². The van der Waals surface area contributed by atoms with Gasteiger partial charge in [0.05, 0.1) is 11.7 Å². The van der Waals surface area contributed by atoms with Crippen molar-refractivity contribution in [3.05, 3.63) is 29.8 Å². The van der Waals surface area contributed by atoms with E-state index >= 15 is 0 Å². The van der Waals surface area contributed by atoms with Crippen molar-refractivity contribution in [2.75, 3.05) is 19.5 Å². The van der Waals surface area contributed by atoms with Crippen LogP contribution < -0.4 is 10.6 Å². The fourth-order valence-corrected chi connectivity index (χ4v) is 2.67. The molecule has 1 aliphatic carbocycles. The molecule has 2 unspecified atom stereocenters. The molecule has 1 saturated carbocycles. The molecular formula is C15H22N2O2. The number of methoxy groups -OCH3 is 1. The van der Waals surface area contributed by atoms with Gasteiger partial charge in [0.2, 0.25) is 0 Å². The van der Waals surface area contributed by atoms with Crippen molar-refractivity contribution in [1.29, 1.82) is 0 Å². The van der Waals surface area contributed by atoms with Crippen molar-refractivity contribution in [3.63, 3.8) is 0 Å². The van der Waals surface area contributed by atoms with Gasteiger partial charge in [0, 0.05) is 31.3 Å². The lowest BCUT2D eigenvalue weighted by atomic mass is 9.64. The van der Waals surface area contributed by atoms with Gasteiger partial charge in [-0.05, 0) is 18.6 Å². The van der Waals surface area contributed by atoms with Gasteiger partial charge >= 0.3 is 0 Å². The molecule has 2 rings (SSSR count). The number of para-hydroxylation sites is 1. The fraction of sp³-hybridized carbons (Fsp3) is 0.533. The van der Waals surface area contributed by atoms with Crippen molar-refractivity contribution in [1.82, 2.24) is 5.32 Å². The molecule has 4 heteroatoms. The van der Waals surface area contributed by atoms with Crippen LogP contribution >= 0.6 is 0 Å². The zero-order valence-corrected chi connectivity index (χ0v) is 12.0. The first-order chi connectivity index (χ1) is 9.00. The van der Waals surface area contributed by atoms with E-state index in [2.05, 4.69) is 24.5 Å². The van der Waals surface area contributed by atoms with Gasteiger partial charge in [-0.25, -0.2) is 0 Å². The largest absolute Gasteiger partial charge is 0.387 e. The molecule has 1 aliphatic rings.